The van der Waals surface area contributed by atoms with Gasteiger partial charge in [0.15, 0.2) is 5.78 Å². The molecule has 0 radical (unpaired) electrons. The summed E-state index contributed by atoms with van der Waals surface area (Å²) in [6, 6.07) is 0. The molecule has 0 saturated heterocycles. The van der Waals surface area contributed by atoms with Crippen LogP contribution >= 0.6 is 0 Å². The van der Waals surface area contributed by atoms with Gasteiger partial charge in [-0.3, -0.25) is 9.59 Å². The van der Waals surface area contributed by atoms with Crippen LogP contribution in [-0.2, 0) is 14.3 Å². The van der Waals surface area contributed by atoms with Crippen LogP contribution in [-0.4, -0.2) is 24.0 Å². The number of carbonyl (C=O) groups is 2. The van der Waals surface area contributed by atoms with E-state index in [4.69, 9.17) is 5.11 Å². The first-order valence-corrected chi connectivity index (χ1v) is 3.03. The van der Waals surface area contributed by atoms with Gasteiger partial charge < -0.3 is 9.84 Å². The lowest BCUT2D eigenvalue weighted by molar-refractivity contribution is -0.140. The van der Waals surface area contributed by atoms with E-state index in [1.54, 1.807) is 0 Å². The van der Waals surface area contributed by atoms with Crippen molar-refractivity contribution >= 4 is 11.8 Å². The number of hydrogen-bond acceptors (Lipinski definition) is 4. The molecular weight excluding hydrogens is 148 g/mol. The van der Waals surface area contributed by atoms with E-state index in [0.29, 0.717) is 0 Å². The SMILES string of the molecule is COC(=O)C/C(O)=C/C(C)=O. The highest BCUT2D eigenvalue weighted by Gasteiger charge is 2.03. The predicted octanol–water partition coefficient (Wildman–Crippen LogP) is 0.580. The van der Waals surface area contributed by atoms with Crippen LogP contribution < -0.4 is 0 Å². The van der Waals surface area contributed by atoms with Crippen LogP contribution in [0.4, 0.5) is 0 Å². The van der Waals surface area contributed by atoms with Gasteiger partial charge in [-0.1, -0.05) is 0 Å². The number of rotatable bonds is 3. The molecule has 0 heterocycles. The minimum Gasteiger partial charge on any atom is -0.512 e. The van der Waals surface area contributed by atoms with Gasteiger partial charge in [-0.25, -0.2) is 0 Å². The summed E-state index contributed by atoms with van der Waals surface area (Å²) in [7, 11) is 1.21. The Bertz CT molecular complexity index is 193. The molecule has 0 aliphatic heterocycles. The number of ether oxygens (including phenoxy) is 1. The number of methoxy groups -OCH3 is 1. The van der Waals surface area contributed by atoms with Crippen molar-refractivity contribution in [2.75, 3.05) is 7.11 Å². The van der Waals surface area contributed by atoms with Gasteiger partial charge in [-0.2, -0.15) is 0 Å². The third kappa shape index (κ3) is 5.14. The Kier molecular flexibility index (Phi) is 3.95. The molecule has 0 aliphatic carbocycles. The smallest absolute Gasteiger partial charge is 0.313 e. The molecule has 4 heteroatoms. The number of allylic oxidation sites excluding steroid dienone is 1. The van der Waals surface area contributed by atoms with Crippen molar-refractivity contribution in [1.29, 1.82) is 0 Å². The van der Waals surface area contributed by atoms with Crippen molar-refractivity contribution in [3.8, 4) is 0 Å². The standard InChI is InChI=1S/C7H10O4/c1-5(8)3-6(9)4-7(10)11-2/h3,9H,4H2,1-2H3/b6-3-. The Morgan fingerprint density at radius 2 is 2.09 bits per heavy atom. The van der Waals surface area contributed by atoms with Crippen LogP contribution in [0.3, 0.4) is 0 Å². The van der Waals surface area contributed by atoms with Crippen molar-refractivity contribution in [3.05, 3.63) is 11.8 Å². The summed E-state index contributed by atoms with van der Waals surface area (Å²) in [5.41, 5.74) is 0. The maximum atomic E-state index is 10.5. The zero-order valence-electron chi connectivity index (χ0n) is 6.46. The minimum atomic E-state index is -0.569. The first-order chi connectivity index (χ1) is 5.06. The highest BCUT2D eigenvalue weighted by molar-refractivity contribution is 5.88. The lowest BCUT2D eigenvalue weighted by Gasteiger charge is -1.96. The van der Waals surface area contributed by atoms with E-state index in [-0.39, 0.29) is 18.0 Å². The van der Waals surface area contributed by atoms with Gasteiger partial charge in [0.1, 0.15) is 12.2 Å². The van der Waals surface area contributed by atoms with Crippen molar-refractivity contribution in [2.24, 2.45) is 0 Å². The second-order valence-corrected chi connectivity index (χ2v) is 2.00. The van der Waals surface area contributed by atoms with Crippen LogP contribution in [0.1, 0.15) is 13.3 Å². The highest BCUT2D eigenvalue weighted by Crippen LogP contribution is 1.97. The molecule has 1 N–H and O–H groups in total. The highest BCUT2D eigenvalue weighted by atomic mass is 16.5. The summed E-state index contributed by atoms with van der Waals surface area (Å²) in [6.45, 7) is 1.29. The topological polar surface area (TPSA) is 63.6 Å². The van der Waals surface area contributed by atoms with Crippen molar-refractivity contribution in [2.45, 2.75) is 13.3 Å². The third-order valence-corrected chi connectivity index (χ3v) is 0.923. The molecule has 0 bridgehead atoms. The van der Waals surface area contributed by atoms with Crippen molar-refractivity contribution in [3.63, 3.8) is 0 Å². The van der Waals surface area contributed by atoms with Gasteiger partial charge in [-0.05, 0) is 6.92 Å². The molecule has 0 aromatic heterocycles. The third-order valence-electron chi connectivity index (χ3n) is 0.923. The van der Waals surface area contributed by atoms with E-state index in [0.717, 1.165) is 6.08 Å². The molecule has 0 rings (SSSR count). The molecule has 0 saturated carbocycles. The zero-order valence-corrected chi connectivity index (χ0v) is 6.46. The van der Waals surface area contributed by atoms with Crippen LogP contribution in [0.2, 0.25) is 0 Å². The van der Waals surface area contributed by atoms with Crippen LogP contribution in [0, 0.1) is 0 Å². The quantitative estimate of drug-likeness (QED) is 0.370. The summed E-state index contributed by atoms with van der Waals surface area (Å²) in [6.07, 6.45) is 0.729. The van der Waals surface area contributed by atoms with E-state index in [1.807, 2.05) is 0 Å². The molecule has 11 heavy (non-hydrogen) atoms. The fourth-order valence-electron chi connectivity index (χ4n) is 0.506. The number of aliphatic hydroxyl groups excluding tert-OH is 1. The molecule has 0 atom stereocenters. The lowest BCUT2D eigenvalue weighted by Crippen LogP contribution is -2.02. The van der Waals surface area contributed by atoms with Gasteiger partial charge in [0.05, 0.1) is 7.11 Å². The summed E-state index contributed by atoms with van der Waals surface area (Å²) in [5, 5.41) is 8.86. The number of hydrogen-bond donors (Lipinski definition) is 1. The largest absolute Gasteiger partial charge is 0.512 e. The lowest BCUT2D eigenvalue weighted by atomic mass is 10.3. The van der Waals surface area contributed by atoms with Gasteiger partial charge >= 0.3 is 5.97 Å². The Morgan fingerprint density at radius 1 is 1.55 bits per heavy atom. The normalized spacial score (nSPS) is 10.9. The van der Waals surface area contributed by atoms with Gasteiger partial charge in [0.25, 0.3) is 0 Å². The molecule has 0 unspecified atom stereocenters. The molecule has 0 aromatic carbocycles. The number of ketones is 1. The second kappa shape index (κ2) is 4.49. The maximum absolute atomic E-state index is 10.5. The van der Waals surface area contributed by atoms with Crippen LogP contribution in [0.15, 0.2) is 11.8 Å². The number of aliphatic hydroxyl groups is 1. The Balaban J connectivity index is 3.96. The Labute approximate surface area is 64.5 Å². The Hall–Kier alpha value is -1.32. The summed E-state index contributed by atoms with van der Waals surface area (Å²) in [4.78, 5) is 20.8. The maximum Gasteiger partial charge on any atom is 0.313 e. The summed E-state index contributed by atoms with van der Waals surface area (Å²) >= 11 is 0. The van der Waals surface area contributed by atoms with E-state index < -0.39 is 5.97 Å². The average Bonchev–Trinajstić information content (AvgIpc) is 1.85. The molecule has 0 fully saturated rings. The zero-order chi connectivity index (χ0) is 8.85. The Morgan fingerprint density at radius 3 is 2.45 bits per heavy atom. The molecule has 62 valence electrons. The van der Waals surface area contributed by atoms with E-state index in [1.165, 1.54) is 14.0 Å². The first-order valence-electron chi connectivity index (χ1n) is 3.03. The molecule has 0 aliphatic rings. The number of carbonyl (C=O) groups excluding carboxylic acids is 2. The van der Waals surface area contributed by atoms with Crippen LogP contribution in [0.5, 0.6) is 0 Å². The number of esters is 1. The van der Waals surface area contributed by atoms with Crippen LogP contribution in [0.25, 0.3) is 0 Å². The molecule has 0 spiro atoms. The average molecular weight is 158 g/mol. The van der Waals surface area contributed by atoms with Crippen molar-refractivity contribution in [1.82, 2.24) is 0 Å². The predicted molar refractivity (Wildman–Crippen MR) is 38.0 cm³/mol. The monoisotopic (exact) mass is 158 g/mol. The molecule has 0 aromatic rings. The van der Waals surface area contributed by atoms with Crippen molar-refractivity contribution < 1.29 is 19.4 Å². The molecule has 0 amide bonds. The van der Waals surface area contributed by atoms with E-state index in [2.05, 4.69) is 4.74 Å². The van der Waals surface area contributed by atoms with E-state index >= 15 is 0 Å². The van der Waals surface area contributed by atoms with Gasteiger partial charge in [0, 0.05) is 6.08 Å². The second-order valence-electron chi connectivity index (χ2n) is 2.00. The summed E-state index contributed by atoms with van der Waals surface area (Å²) in [5.74, 6) is -1.14. The fourth-order valence-corrected chi connectivity index (χ4v) is 0.506. The molecule has 4 nitrogen and oxygen atoms in total. The van der Waals surface area contributed by atoms with Gasteiger partial charge in [0.2, 0.25) is 0 Å². The van der Waals surface area contributed by atoms with Gasteiger partial charge in [-0.15, -0.1) is 0 Å². The fraction of sp³-hybridized carbons (Fsp3) is 0.429. The first kappa shape index (κ1) is 9.68. The minimum absolute atomic E-state index is 0.254. The molecular formula is C7H10O4. The summed E-state index contributed by atoms with van der Waals surface area (Å²) < 4.78 is 4.25. The van der Waals surface area contributed by atoms with E-state index in [9.17, 15) is 9.59 Å².